The number of aromatic nitrogens is 1. The summed E-state index contributed by atoms with van der Waals surface area (Å²) in [7, 11) is 1.95. The Bertz CT molecular complexity index is 409. The van der Waals surface area contributed by atoms with Gasteiger partial charge in [-0.2, -0.15) is 0 Å². The number of rotatable bonds is 4. The summed E-state index contributed by atoms with van der Waals surface area (Å²) >= 11 is 0. The molecule has 1 N–H and O–H groups in total. The van der Waals surface area contributed by atoms with Gasteiger partial charge in [0.05, 0.1) is 6.20 Å². The topological polar surface area (TPSA) is 38.1 Å². The van der Waals surface area contributed by atoms with Gasteiger partial charge in [0.2, 0.25) is 5.89 Å². The normalized spacial score (nSPS) is 10.5. The van der Waals surface area contributed by atoms with Crippen molar-refractivity contribution in [2.45, 2.75) is 6.42 Å². The fraction of sp³-hybridized carbons (Fsp3) is 0.250. The zero-order chi connectivity index (χ0) is 10.5. The average Bonchev–Trinajstić information content (AvgIpc) is 2.80. The summed E-state index contributed by atoms with van der Waals surface area (Å²) in [6, 6.07) is 8.19. The van der Waals surface area contributed by atoms with Crippen LogP contribution in [0, 0.1) is 0 Å². The predicted octanol–water partition coefficient (Wildman–Crippen LogP) is 2.10. The lowest BCUT2D eigenvalue weighted by Crippen LogP contribution is -2.10. The highest BCUT2D eigenvalue weighted by atomic mass is 16.3. The predicted molar refractivity (Wildman–Crippen MR) is 59.6 cm³/mol. The molecule has 0 fully saturated rings. The van der Waals surface area contributed by atoms with Crippen molar-refractivity contribution in [3.05, 3.63) is 42.3 Å². The SMILES string of the molecule is CNCCc1ccccc1-c1ncco1. The molecule has 0 saturated carbocycles. The van der Waals surface area contributed by atoms with Gasteiger partial charge in [0.25, 0.3) is 0 Å². The molecule has 0 unspecified atom stereocenters. The highest BCUT2D eigenvalue weighted by Crippen LogP contribution is 2.21. The first-order valence-corrected chi connectivity index (χ1v) is 5.04. The van der Waals surface area contributed by atoms with Gasteiger partial charge in [0.1, 0.15) is 6.26 Å². The number of hydrogen-bond donors (Lipinski definition) is 1. The molecular weight excluding hydrogens is 188 g/mol. The first-order chi connectivity index (χ1) is 7.42. The van der Waals surface area contributed by atoms with Gasteiger partial charge < -0.3 is 9.73 Å². The van der Waals surface area contributed by atoms with E-state index in [0.29, 0.717) is 5.89 Å². The maximum atomic E-state index is 5.31. The second-order valence-corrected chi connectivity index (χ2v) is 3.35. The van der Waals surface area contributed by atoms with Crippen molar-refractivity contribution < 1.29 is 4.42 Å². The van der Waals surface area contributed by atoms with E-state index in [1.54, 1.807) is 12.5 Å². The second kappa shape index (κ2) is 4.75. The molecule has 78 valence electrons. The van der Waals surface area contributed by atoms with Crippen LogP contribution in [-0.4, -0.2) is 18.6 Å². The van der Waals surface area contributed by atoms with Crippen LogP contribution in [0.3, 0.4) is 0 Å². The van der Waals surface area contributed by atoms with Crippen LogP contribution in [-0.2, 0) is 6.42 Å². The van der Waals surface area contributed by atoms with Gasteiger partial charge in [-0.15, -0.1) is 0 Å². The van der Waals surface area contributed by atoms with Crippen molar-refractivity contribution in [3.63, 3.8) is 0 Å². The van der Waals surface area contributed by atoms with Crippen LogP contribution in [0.5, 0.6) is 0 Å². The summed E-state index contributed by atoms with van der Waals surface area (Å²) < 4.78 is 5.31. The molecule has 0 aliphatic heterocycles. The third-order valence-electron chi connectivity index (χ3n) is 2.32. The van der Waals surface area contributed by atoms with E-state index in [1.165, 1.54) is 5.56 Å². The first kappa shape index (κ1) is 9.93. The molecule has 1 aromatic heterocycles. The molecular formula is C12H14N2O. The molecule has 0 radical (unpaired) electrons. The Balaban J connectivity index is 2.30. The lowest BCUT2D eigenvalue weighted by molar-refractivity contribution is 0.573. The molecule has 3 nitrogen and oxygen atoms in total. The summed E-state index contributed by atoms with van der Waals surface area (Å²) in [6.45, 7) is 0.956. The summed E-state index contributed by atoms with van der Waals surface area (Å²) in [5, 5.41) is 3.14. The number of benzene rings is 1. The van der Waals surface area contributed by atoms with E-state index in [0.717, 1.165) is 18.5 Å². The Morgan fingerprint density at radius 3 is 2.93 bits per heavy atom. The molecule has 1 aromatic carbocycles. The van der Waals surface area contributed by atoms with Gasteiger partial charge >= 0.3 is 0 Å². The number of nitrogens with one attached hydrogen (secondary N) is 1. The van der Waals surface area contributed by atoms with Gasteiger partial charge in [-0.3, -0.25) is 0 Å². The zero-order valence-electron chi connectivity index (χ0n) is 8.73. The van der Waals surface area contributed by atoms with Crippen LogP contribution in [0.2, 0.25) is 0 Å². The van der Waals surface area contributed by atoms with E-state index < -0.39 is 0 Å². The fourth-order valence-corrected chi connectivity index (χ4v) is 1.56. The number of oxazole rings is 1. The number of nitrogens with zero attached hydrogens (tertiary/aromatic N) is 1. The largest absolute Gasteiger partial charge is 0.445 e. The van der Waals surface area contributed by atoms with E-state index in [2.05, 4.69) is 16.4 Å². The zero-order valence-corrected chi connectivity index (χ0v) is 8.73. The van der Waals surface area contributed by atoms with Gasteiger partial charge in [0, 0.05) is 5.56 Å². The summed E-state index contributed by atoms with van der Waals surface area (Å²) in [4.78, 5) is 4.17. The Labute approximate surface area is 89.1 Å². The monoisotopic (exact) mass is 202 g/mol. The van der Waals surface area contributed by atoms with Crippen molar-refractivity contribution in [3.8, 4) is 11.5 Å². The third kappa shape index (κ3) is 2.25. The van der Waals surface area contributed by atoms with Crippen LogP contribution in [0.4, 0.5) is 0 Å². The molecule has 1 heterocycles. The lowest BCUT2D eigenvalue weighted by Gasteiger charge is -2.05. The maximum absolute atomic E-state index is 5.31. The average molecular weight is 202 g/mol. The minimum atomic E-state index is 0.696. The van der Waals surface area contributed by atoms with Gasteiger partial charge in [0.15, 0.2) is 0 Å². The van der Waals surface area contributed by atoms with Crippen molar-refractivity contribution >= 4 is 0 Å². The molecule has 0 spiro atoms. The smallest absolute Gasteiger partial charge is 0.226 e. The van der Waals surface area contributed by atoms with E-state index >= 15 is 0 Å². The van der Waals surface area contributed by atoms with Gasteiger partial charge in [-0.1, -0.05) is 18.2 Å². The lowest BCUT2D eigenvalue weighted by atomic mass is 10.0. The summed E-state index contributed by atoms with van der Waals surface area (Å²) in [6.07, 6.45) is 4.25. The molecule has 0 saturated heterocycles. The van der Waals surface area contributed by atoms with Crippen LogP contribution in [0.15, 0.2) is 41.1 Å². The van der Waals surface area contributed by atoms with Gasteiger partial charge in [-0.25, -0.2) is 4.98 Å². The molecule has 0 bridgehead atoms. The van der Waals surface area contributed by atoms with E-state index in [9.17, 15) is 0 Å². The molecule has 0 aliphatic carbocycles. The number of likely N-dealkylation sites (N-methyl/N-ethyl adjacent to an activating group) is 1. The van der Waals surface area contributed by atoms with E-state index in [-0.39, 0.29) is 0 Å². The quantitative estimate of drug-likeness (QED) is 0.825. The highest BCUT2D eigenvalue weighted by molar-refractivity contribution is 5.58. The molecule has 15 heavy (non-hydrogen) atoms. The molecule has 0 amide bonds. The van der Waals surface area contributed by atoms with Crippen LogP contribution >= 0.6 is 0 Å². The molecule has 0 atom stereocenters. The minimum absolute atomic E-state index is 0.696. The van der Waals surface area contributed by atoms with Crippen molar-refractivity contribution in [1.29, 1.82) is 0 Å². The van der Waals surface area contributed by atoms with Crippen molar-refractivity contribution in [2.75, 3.05) is 13.6 Å². The Hall–Kier alpha value is -1.61. The van der Waals surface area contributed by atoms with Crippen LogP contribution in [0.25, 0.3) is 11.5 Å². The standard InChI is InChI=1S/C12H14N2O/c1-13-7-6-10-4-2-3-5-11(10)12-14-8-9-15-12/h2-5,8-9,13H,6-7H2,1H3. The molecule has 2 aromatic rings. The summed E-state index contributed by atoms with van der Waals surface area (Å²) in [5.74, 6) is 0.696. The fourth-order valence-electron chi connectivity index (χ4n) is 1.56. The third-order valence-corrected chi connectivity index (χ3v) is 2.32. The summed E-state index contributed by atoms with van der Waals surface area (Å²) in [5.41, 5.74) is 2.34. The van der Waals surface area contributed by atoms with Crippen LogP contribution in [0.1, 0.15) is 5.56 Å². The number of hydrogen-bond acceptors (Lipinski definition) is 3. The van der Waals surface area contributed by atoms with Gasteiger partial charge in [-0.05, 0) is 31.6 Å². The molecule has 2 rings (SSSR count). The van der Waals surface area contributed by atoms with E-state index in [1.807, 2.05) is 25.2 Å². The molecule has 3 heteroatoms. The Morgan fingerprint density at radius 2 is 2.20 bits per heavy atom. The van der Waals surface area contributed by atoms with Crippen LogP contribution < -0.4 is 5.32 Å². The second-order valence-electron chi connectivity index (χ2n) is 3.35. The highest BCUT2D eigenvalue weighted by Gasteiger charge is 2.07. The minimum Gasteiger partial charge on any atom is -0.445 e. The first-order valence-electron chi connectivity index (χ1n) is 5.04. The maximum Gasteiger partial charge on any atom is 0.226 e. The van der Waals surface area contributed by atoms with E-state index in [4.69, 9.17) is 4.42 Å². The molecule has 0 aliphatic rings. The Kier molecular flexibility index (Phi) is 3.15. The Morgan fingerprint density at radius 1 is 1.33 bits per heavy atom. The van der Waals surface area contributed by atoms with Crippen molar-refractivity contribution in [2.24, 2.45) is 0 Å². The van der Waals surface area contributed by atoms with Crippen molar-refractivity contribution in [1.82, 2.24) is 10.3 Å².